The Morgan fingerprint density at radius 1 is 1.44 bits per heavy atom. The molecule has 0 bridgehead atoms. The summed E-state index contributed by atoms with van der Waals surface area (Å²) in [6.07, 6.45) is 5.84. The van der Waals surface area contributed by atoms with Gasteiger partial charge in [0.2, 0.25) is 5.91 Å². The molecular weight excluding hydrogens is 344 g/mol. The van der Waals surface area contributed by atoms with Gasteiger partial charge in [0, 0.05) is 12.1 Å². The molecule has 2 atom stereocenters. The van der Waals surface area contributed by atoms with E-state index < -0.39 is 17.7 Å². The van der Waals surface area contributed by atoms with Crippen LogP contribution in [0.2, 0.25) is 0 Å². The molecule has 7 heteroatoms. The van der Waals surface area contributed by atoms with Crippen LogP contribution in [0.15, 0.2) is 18.2 Å². The number of aromatic nitrogens is 2. The number of aromatic amines is 1. The number of benzene rings is 1. The average molecular weight is 368 g/mol. The van der Waals surface area contributed by atoms with Gasteiger partial charge in [-0.25, -0.2) is 9.78 Å². The molecule has 2 aromatic rings. The fraction of sp³-hybridized carbons (Fsp3) is 0.450. The molecule has 0 aliphatic carbocycles. The summed E-state index contributed by atoms with van der Waals surface area (Å²) in [7, 11) is 0. The lowest BCUT2D eigenvalue weighted by molar-refractivity contribution is -0.138. The van der Waals surface area contributed by atoms with Crippen molar-refractivity contribution in [1.82, 2.24) is 20.2 Å². The van der Waals surface area contributed by atoms with Crippen LogP contribution in [-0.4, -0.2) is 44.6 Å². The van der Waals surface area contributed by atoms with Crippen LogP contribution in [0.4, 0.5) is 4.79 Å². The number of rotatable bonds is 4. The van der Waals surface area contributed by atoms with Crippen LogP contribution in [0, 0.1) is 18.3 Å². The molecule has 0 saturated carbocycles. The Morgan fingerprint density at radius 2 is 2.19 bits per heavy atom. The highest BCUT2D eigenvalue weighted by Gasteiger charge is 2.45. The molecule has 1 aromatic heterocycles. The number of hydrogen-bond acceptors (Lipinski definition) is 3. The molecule has 0 radical (unpaired) electrons. The number of amides is 2. The molecule has 3 rings (SSSR count). The number of carboxylic acid groups (broad SMARTS) is 1. The Hall–Kier alpha value is -3.01. The number of nitrogens with one attached hydrogen (secondary N) is 2. The highest BCUT2D eigenvalue weighted by Crippen LogP contribution is 2.38. The molecular formula is C20H24N4O3. The second kappa shape index (κ2) is 6.95. The predicted molar refractivity (Wildman–Crippen MR) is 102 cm³/mol. The Bertz CT molecular complexity index is 927. The van der Waals surface area contributed by atoms with Gasteiger partial charge in [-0.05, 0) is 43.9 Å². The van der Waals surface area contributed by atoms with Gasteiger partial charge < -0.3 is 20.3 Å². The van der Waals surface area contributed by atoms with Crippen LogP contribution in [0.5, 0.6) is 0 Å². The van der Waals surface area contributed by atoms with E-state index in [9.17, 15) is 9.59 Å². The number of carbonyl (C=O) groups excluding carboxylic acids is 1. The summed E-state index contributed by atoms with van der Waals surface area (Å²) in [4.78, 5) is 34.0. The zero-order valence-electron chi connectivity index (χ0n) is 15.7. The standard InChI is InChI=1S/C20H24N4O3/c1-5-13-7-8-14-15(11-13)22-18(21-14)20(4)9-6-10-24(20)17(25)16(12(2)3)23-19(26)27/h1,7-8,11-12,16,23H,6,9-10H2,2-4H3,(H,21,22)(H,26,27). The van der Waals surface area contributed by atoms with Crippen molar-refractivity contribution in [2.75, 3.05) is 6.54 Å². The topological polar surface area (TPSA) is 98.3 Å². The molecule has 142 valence electrons. The van der Waals surface area contributed by atoms with Crippen molar-refractivity contribution in [2.45, 2.75) is 45.2 Å². The van der Waals surface area contributed by atoms with Crippen LogP contribution in [-0.2, 0) is 10.3 Å². The van der Waals surface area contributed by atoms with Gasteiger partial charge in [-0.2, -0.15) is 0 Å². The molecule has 1 fully saturated rings. The summed E-state index contributed by atoms with van der Waals surface area (Å²) in [6.45, 7) is 6.19. The molecule has 2 unspecified atom stereocenters. The molecule has 1 aliphatic heterocycles. The van der Waals surface area contributed by atoms with Gasteiger partial charge in [-0.1, -0.05) is 19.8 Å². The number of hydrogen-bond donors (Lipinski definition) is 3. The second-order valence-corrected chi connectivity index (χ2v) is 7.50. The Balaban J connectivity index is 1.97. The minimum atomic E-state index is -1.20. The maximum Gasteiger partial charge on any atom is 0.405 e. The van der Waals surface area contributed by atoms with Crippen molar-refractivity contribution in [1.29, 1.82) is 0 Å². The third-order valence-electron chi connectivity index (χ3n) is 5.28. The van der Waals surface area contributed by atoms with E-state index in [0.717, 1.165) is 29.4 Å². The van der Waals surface area contributed by atoms with Crippen molar-refractivity contribution in [3.8, 4) is 12.3 Å². The van der Waals surface area contributed by atoms with Crippen molar-refractivity contribution in [2.24, 2.45) is 5.92 Å². The summed E-state index contributed by atoms with van der Waals surface area (Å²) in [5.41, 5.74) is 1.74. The van der Waals surface area contributed by atoms with E-state index in [0.29, 0.717) is 12.4 Å². The smallest absolute Gasteiger partial charge is 0.405 e. The largest absolute Gasteiger partial charge is 0.465 e. The van der Waals surface area contributed by atoms with E-state index in [2.05, 4.69) is 21.2 Å². The molecule has 1 aromatic carbocycles. The molecule has 1 aliphatic rings. The molecule has 0 spiro atoms. The minimum absolute atomic E-state index is 0.160. The highest BCUT2D eigenvalue weighted by molar-refractivity contribution is 5.86. The first-order valence-electron chi connectivity index (χ1n) is 9.04. The summed E-state index contributed by atoms with van der Waals surface area (Å²) >= 11 is 0. The lowest BCUT2D eigenvalue weighted by atomic mass is 9.95. The molecule has 27 heavy (non-hydrogen) atoms. The fourth-order valence-electron chi connectivity index (χ4n) is 3.73. The molecule has 7 nitrogen and oxygen atoms in total. The van der Waals surface area contributed by atoms with Gasteiger partial charge in [0.25, 0.3) is 0 Å². The number of terminal acetylenes is 1. The molecule has 3 N–H and O–H groups in total. The van der Waals surface area contributed by atoms with Gasteiger partial charge in [-0.3, -0.25) is 4.79 Å². The summed E-state index contributed by atoms with van der Waals surface area (Å²) < 4.78 is 0. The van der Waals surface area contributed by atoms with E-state index in [1.54, 1.807) is 4.90 Å². The van der Waals surface area contributed by atoms with Crippen molar-refractivity contribution in [3.63, 3.8) is 0 Å². The third kappa shape index (κ3) is 3.35. The number of imidazole rings is 1. The van der Waals surface area contributed by atoms with Crippen LogP contribution in [0.25, 0.3) is 11.0 Å². The Labute approximate surface area is 158 Å². The monoisotopic (exact) mass is 368 g/mol. The van der Waals surface area contributed by atoms with E-state index in [-0.39, 0.29) is 11.8 Å². The van der Waals surface area contributed by atoms with Gasteiger partial charge in [0.15, 0.2) is 0 Å². The van der Waals surface area contributed by atoms with Gasteiger partial charge in [-0.15, -0.1) is 6.42 Å². The predicted octanol–water partition coefficient (Wildman–Crippen LogP) is 2.67. The molecule has 2 heterocycles. The molecule has 2 amide bonds. The number of fused-ring (bicyclic) bond motifs is 1. The quantitative estimate of drug-likeness (QED) is 0.723. The SMILES string of the molecule is C#Cc1ccc2nc(C3(C)CCCN3C(=O)C(NC(=O)O)C(C)C)[nH]c2c1. The summed E-state index contributed by atoms with van der Waals surface area (Å²) in [5.74, 6) is 2.91. The van der Waals surface area contributed by atoms with Crippen molar-refractivity contribution >= 4 is 23.0 Å². The molecule has 1 saturated heterocycles. The zero-order chi connectivity index (χ0) is 19.8. The average Bonchev–Trinajstić information content (AvgIpc) is 3.22. The van der Waals surface area contributed by atoms with Crippen molar-refractivity contribution < 1.29 is 14.7 Å². The Kier molecular flexibility index (Phi) is 4.83. The Morgan fingerprint density at radius 3 is 2.81 bits per heavy atom. The van der Waals surface area contributed by atoms with Gasteiger partial charge in [0.05, 0.1) is 16.6 Å². The number of carbonyl (C=O) groups is 2. The van der Waals surface area contributed by atoms with E-state index >= 15 is 0 Å². The van der Waals surface area contributed by atoms with E-state index in [1.807, 2.05) is 39.0 Å². The van der Waals surface area contributed by atoms with Crippen LogP contribution in [0.1, 0.15) is 45.0 Å². The first-order chi connectivity index (χ1) is 12.8. The fourth-order valence-corrected chi connectivity index (χ4v) is 3.73. The lowest BCUT2D eigenvalue weighted by Gasteiger charge is -2.36. The third-order valence-corrected chi connectivity index (χ3v) is 5.28. The van der Waals surface area contributed by atoms with Crippen LogP contribution >= 0.6 is 0 Å². The minimum Gasteiger partial charge on any atom is -0.465 e. The zero-order valence-corrected chi connectivity index (χ0v) is 15.7. The second-order valence-electron chi connectivity index (χ2n) is 7.50. The van der Waals surface area contributed by atoms with Gasteiger partial charge >= 0.3 is 6.09 Å². The van der Waals surface area contributed by atoms with E-state index in [4.69, 9.17) is 11.5 Å². The maximum atomic E-state index is 13.2. The van der Waals surface area contributed by atoms with E-state index in [1.165, 1.54) is 0 Å². The van der Waals surface area contributed by atoms with Crippen LogP contribution in [0.3, 0.4) is 0 Å². The first kappa shape index (κ1) is 18.8. The lowest BCUT2D eigenvalue weighted by Crippen LogP contribution is -2.54. The summed E-state index contributed by atoms with van der Waals surface area (Å²) in [6, 6.07) is 4.76. The highest BCUT2D eigenvalue weighted by atomic mass is 16.4. The van der Waals surface area contributed by atoms with Crippen molar-refractivity contribution in [3.05, 3.63) is 29.6 Å². The normalized spacial score (nSPS) is 20.6. The number of nitrogens with zero attached hydrogens (tertiary/aromatic N) is 2. The summed E-state index contributed by atoms with van der Waals surface area (Å²) in [5, 5.41) is 11.5. The number of likely N-dealkylation sites (tertiary alicyclic amines) is 1. The number of H-pyrrole nitrogens is 1. The first-order valence-corrected chi connectivity index (χ1v) is 9.04. The van der Waals surface area contributed by atoms with Crippen LogP contribution < -0.4 is 5.32 Å². The van der Waals surface area contributed by atoms with Gasteiger partial charge in [0.1, 0.15) is 11.9 Å². The maximum absolute atomic E-state index is 13.2.